The molecule has 1 aliphatic carbocycles. The summed E-state index contributed by atoms with van der Waals surface area (Å²) in [5.41, 5.74) is 6.76. The summed E-state index contributed by atoms with van der Waals surface area (Å²) >= 11 is 0. The smallest absolute Gasteiger partial charge is 0.188 e. The molecule has 3 rings (SSSR count). The first-order valence-corrected chi connectivity index (χ1v) is 7.58. The molecule has 1 saturated heterocycles. The number of nitrogens with one attached hydrogen (secondary N) is 1. The number of hydrogen-bond acceptors (Lipinski definition) is 2. The molecule has 1 saturated carbocycles. The first kappa shape index (κ1) is 17.5. The standard InChI is InChI=1S/C16H22FN3O.HI/c17-13-3-1-2-12(10-13)16(6-8-21-9-7-16)11-19-15(18)20-14-4-5-14;/h1-3,10,14H,4-9,11H2,(H3,18,19,20);1H. The fourth-order valence-electron chi connectivity index (χ4n) is 2.84. The van der Waals surface area contributed by atoms with E-state index >= 15 is 0 Å². The molecule has 0 atom stereocenters. The minimum atomic E-state index is -0.202. The van der Waals surface area contributed by atoms with Crippen LogP contribution in [0.25, 0.3) is 0 Å². The molecule has 1 aromatic rings. The summed E-state index contributed by atoms with van der Waals surface area (Å²) in [7, 11) is 0. The van der Waals surface area contributed by atoms with Crippen LogP contribution in [0.2, 0.25) is 0 Å². The highest BCUT2D eigenvalue weighted by Crippen LogP contribution is 2.35. The van der Waals surface area contributed by atoms with Gasteiger partial charge in [-0.15, -0.1) is 24.0 Å². The molecule has 0 unspecified atom stereocenters. The maximum Gasteiger partial charge on any atom is 0.188 e. The highest BCUT2D eigenvalue weighted by molar-refractivity contribution is 14.0. The number of rotatable bonds is 4. The molecule has 2 aliphatic rings. The normalized spacial score (nSPS) is 21.0. The lowest BCUT2D eigenvalue weighted by atomic mass is 9.74. The van der Waals surface area contributed by atoms with Gasteiger partial charge in [-0.2, -0.15) is 0 Å². The van der Waals surface area contributed by atoms with Gasteiger partial charge in [-0.25, -0.2) is 4.39 Å². The molecule has 6 heteroatoms. The number of nitrogens with two attached hydrogens (primary N) is 1. The fourth-order valence-corrected chi connectivity index (χ4v) is 2.84. The second-order valence-electron chi connectivity index (χ2n) is 6.02. The van der Waals surface area contributed by atoms with Crippen molar-refractivity contribution < 1.29 is 9.13 Å². The second-order valence-corrected chi connectivity index (χ2v) is 6.02. The zero-order valence-corrected chi connectivity index (χ0v) is 14.9. The van der Waals surface area contributed by atoms with Crippen LogP contribution in [-0.2, 0) is 10.2 Å². The number of benzene rings is 1. The zero-order valence-electron chi connectivity index (χ0n) is 12.6. The Kier molecular flexibility index (Phi) is 6.02. The highest BCUT2D eigenvalue weighted by atomic mass is 127. The summed E-state index contributed by atoms with van der Waals surface area (Å²) in [5.74, 6) is 0.297. The molecular formula is C16H23FIN3O. The van der Waals surface area contributed by atoms with E-state index in [1.807, 2.05) is 6.07 Å². The molecular weight excluding hydrogens is 396 g/mol. The van der Waals surface area contributed by atoms with Crippen molar-refractivity contribution in [1.82, 2.24) is 5.32 Å². The van der Waals surface area contributed by atoms with Crippen LogP contribution in [0.5, 0.6) is 0 Å². The van der Waals surface area contributed by atoms with Gasteiger partial charge in [0.05, 0.1) is 6.54 Å². The third-order valence-corrected chi connectivity index (χ3v) is 4.37. The molecule has 0 amide bonds. The van der Waals surface area contributed by atoms with Crippen molar-refractivity contribution in [3.8, 4) is 0 Å². The van der Waals surface area contributed by atoms with Gasteiger partial charge in [-0.1, -0.05) is 12.1 Å². The molecule has 4 nitrogen and oxygen atoms in total. The van der Waals surface area contributed by atoms with E-state index < -0.39 is 0 Å². The summed E-state index contributed by atoms with van der Waals surface area (Å²) in [5, 5.41) is 3.20. The molecule has 3 N–H and O–H groups in total. The van der Waals surface area contributed by atoms with Gasteiger partial charge in [0.1, 0.15) is 5.82 Å². The molecule has 22 heavy (non-hydrogen) atoms. The van der Waals surface area contributed by atoms with Gasteiger partial charge in [0.15, 0.2) is 5.96 Å². The minimum Gasteiger partial charge on any atom is -0.381 e. The van der Waals surface area contributed by atoms with Crippen molar-refractivity contribution in [2.24, 2.45) is 10.7 Å². The topological polar surface area (TPSA) is 59.6 Å². The summed E-state index contributed by atoms with van der Waals surface area (Å²) in [6, 6.07) is 7.33. The number of guanidine groups is 1. The van der Waals surface area contributed by atoms with Crippen molar-refractivity contribution >= 4 is 29.9 Å². The third-order valence-electron chi connectivity index (χ3n) is 4.37. The SMILES string of the molecule is I.NC(=NCC1(c2cccc(F)c2)CCOCC1)NC1CC1. The number of ether oxygens (including phenoxy) is 1. The van der Waals surface area contributed by atoms with Gasteiger partial charge in [-0.3, -0.25) is 4.99 Å². The predicted molar refractivity (Wildman–Crippen MR) is 96.2 cm³/mol. The van der Waals surface area contributed by atoms with Crippen molar-refractivity contribution in [2.45, 2.75) is 37.1 Å². The first-order chi connectivity index (χ1) is 10.2. The van der Waals surface area contributed by atoms with E-state index in [0.717, 1.165) is 18.4 Å². The van der Waals surface area contributed by atoms with Gasteiger partial charge >= 0.3 is 0 Å². The molecule has 0 aromatic heterocycles. The van der Waals surface area contributed by atoms with Crippen LogP contribution in [0.3, 0.4) is 0 Å². The molecule has 122 valence electrons. The summed E-state index contributed by atoms with van der Waals surface area (Å²) in [4.78, 5) is 4.51. The monoisotopic (exact) mass is 419 g/mol. The highest BCUT2D eigenvalue weighted by Gasteiger charge is 2.35. The molecule has 0 bridgehead atoms. The lowest BCUT2D eigenvalue weighted by Gasteiger charge is -2.36. The van der Waals surface area contributed by atoms with Gasteiger partial charge in [0, 0.05) is 24.7 Å². The fraction of sp³-hybridized carbons (Fsp3) is 0.562. The Bertz CT molecular complexity index is 528. The van der Waals surface area contributed by atoms with E-state index in [9.17, 15) is 4.39 Å². The van der Waals surface area contributed by atoms with Crippen LogP contribution < -0.4 is 11.1 Å². The molecule has 1 aromatic carbocycles. The van der Waals surface area contributed by atoms with Gasteiger partial charge < -0.3 is 15.8 Å². The van der Waals surface area contributed by atoms with Crippen molar-refractivity contribution in [3.05, 3.63) is 35.6 Å². The maximum atomic E-state index is 13.6. The van der Waals surface area contributed by atoms with Crippen LogP contribution in [0, 0.1) is 5.82 Å². The number of halogens is 2. The Labute approximate surface area is 147 Å². The minimum absolute atomic E-state index is 0. The molecule has 0 spiro atoms. The van der Waals surface area contributed by atoms with Crippen molar-refractivity contribution in [3.63, 3.8) is 0 Å². The maximum absolute atomic E-state index is 13.6. The summed E-state index contributed by atoms with van der Waals surface area (Å²) in [6.07, 6.45) is 4.02. The van der Waals surface area contributed by atoms with Crippen molar-refractivity contribution in [2.75, 3.05) is 19.8 Å². The van der Waals surface area contributed by atoms with E-state index in [2.05, 4.69) is 10.3 Å². The predicted octanol–water partition coefficient (Wildman–Crippen LogP) is 2.56. The largest absolute Gasteiger partial charge is 0.381 e. The second kappa shape index (κ2) is 7.59. The lowest BCUT2D eigenvalue weighted by Crippen LogP contribution is -2.39. The Balaban J connectivity index is 0.00000176. The molecule has 1 heterocycles. The van der Waals surface area contributed by atoms with E-state index in [-0.39, 0.29) is 35.2 Å². The van der Waals surface area contributed by atoms with Crippen LogP contribution in [0.15, 0.2) is 29.3 Å². The Hall–Kier alpha value is -0.890. The summed E-state index contributed by atoms with van der Waals surface area (Å²) in [6.45, 7) is 1.94. The molecule has 0 radical (unpaired) electrons. The van der Waals surface area contributed by atoms with E-state index in [4.69, 9.17) is 10.5 Å². The quantitative estimate of drug-likeness (QED) is 0.448. The van der Waals surface area contributed by atoms with Gasteiger partial charge in [-0.05, 0) is 43.4 Å². The van der Waals surface area contributed by atoms with E-state index in [0.29, 0.717) is 31.8 Å². The number of nitrogens with zero attached hydrogens (tertiary/aromatic N) is 1. The first-order valence-electron chi connectivity index (χ1n) is 7.58. The van der Waals surface area contributed by atoms with E-state index in [1.54, 1.807) is 12.1 Å². The van der Waals surface area contributed by atoms with Crippen LogP contribution >= 0.6 is 24.0 Å². The average molecular weight is 419 g/mol. The molecule has 1 aliphatic heterocycles. The average Bonchev–Trinajstić information content (AvgIpc) is 3.30. The zero-order chi connectivity index (χ0) is 14.7. The lowest BCUT2D eigenvalue weighted by molar-refractivity contribution is 0.0530. The third kappa shape index (κ3) is 4.32. The summed E-state index contributed by atoms with van der Waals surface area (Å²) < 4.78 is 19.0. The van der Waals surface area contributed by atoms with Crippen LogP contribution in [-0.4, -0.2) is 31.8 Å². The molecule has 2 fully saturated rings. The number of hydrogen-bond donors (Lipinski definition) is 2. The Morgan fingerprint density at radius 3 is 2.73 bits per heavy atom. The van der Waals surface area contributed by atoms with Gasteiger partial charge in [0.25, 0.3) is 0 Å². The van der Waals surface area contributed by atoms with Crippen LogP contribution in [0.1, 0.15) is 31.2 Å². The van der Waals surface area contributed by atoms with E-state index in [1.165, 1.54) is 18.9 Å². The van der Waals surface area contributed by atoms with Crippen molar-refractivity contribution in [1.29, 1.82) is 0 Å². The Morgan fingerprint density at radius 1 is 1.36 bits per heavy atom. The van der Waals surface area contributed by atoms with Crippen LogP contribution in [0.4, 0.5) is 4.39 Å². The number of aliphatic imine (C=N–C) groups is 1. The Morgan fingerprint density at radius 2 is 2.09 bits per heavy atom. The van der Waals surface area contributed by atoms with Gasteiger partial charge in [0.2, 0.25) is 0 Å².